The molecule has 0 aliphatic carbocycles. The van der Waals surface area contributed by atoms with Crippen LogP contribution in [0.2, 0.25) is 0 Å². The monoisotopic (exact) mass is 248 g/mol. The minimum absolute atomic E-state index is 0.000436. The van der Waals surface area contributed by atoms with Crippen molar-refractivity contribution >= 4 is 17.0 Å². The SMILES string of the molecule is CCCCNC(=O)Cn1c(=O)oc2ccccc21. The average molecular weight is 248 g/mol. The van der Waals surface area contributed by atoms with Crippen LogP contribution >= 0.6 is 0 Å². The molecular formula is C13H16N2O3. The number of oxazole rings is 1. The predicted molar refractivity (Wildman–Crippen MR) is 68.4 cm³/mol. The Hall–Kier alpha value is -2.04. The lowest BCUT2D eigenvalue weighted by Gasteiger charge is -2.04. The highest BCUT2D eigenvalue weighted by molar-refractivity contribution is 5.79. The molecule has 1 N–H and O–H groups in total. The summed E-state index contributed by atoms with van der Waals surface area (Å²) in [5.74, 6) is -0.668. The van der Waals surface area contributed by atoms with Crippen molar-refractivity contribution in [2.75, 3.05) is 6.54 Å². The molecule has 2 aromatic rings. The molecule has 0 bridgehead atoms. The number of hydrogen-bond donors (Lipinski definition) is 1. The van der Waals surface area contributed by atoms with E-state index in [-0.39, 0.29) is 12.5 Å². The molecule has 0 saturated carbocycles. The summed E-state index contributed by atoms with van der Waals surface area (Å²) < 4.78 is 6.40. The Morgan fingerprint density at radius 2 is 2.17 bits per heavy atom. The third-order valence-electron chi connectivity index (χ3n) is 2.73. The fraction of sp³-hybridized carbons (Fsp3) is 0.385. The van der Waals surface area contributed by atoms with Gasteiger partial charge >= 0.3 is 5.76 Å². The Kier molecular flexibility index (Phi) is 3.82. The van der Waals surface area contributed by atoms with Gasteiger partial charge in [-0.2, -0.15) is 0 Å². The minimum Gasteiger partial charge on any atom is -0.408 e. The first-order valence-electron chi connectivity index (χ1n) is 6.07. The second kappa shape index (κ2) is 5.53. The molecular weight excluding hydrogens is 232 g/mol. The number of nitrogens with one attached hydrogen (secondary N) is 1. The molecule has 0 aliphatic rings. The van der Waals surface area contributed by atoms with E-state index in [0.29, 0.717) is 17.6 Å². The fourth-order valence-electron chi connectivity index (χ4n) is 1.77. The zero-order valence-electron chi connectivity index (χ0n) is 10.3. The van der Waals surface area contributed by atoms with Crippen LogP contribution in [-0.4, -0.2) is 17.0 Å². The van der Waals surface area contributed by atoms with Crippen LogP contribution in [0.3, 0.4) is 0 Å². The molecule has 18 heavy (non-hydrogen) atoms. The lowest BCUT2D eigenvalue weighted by molar-refractivity contribution is -0.121. The molecule has 0 fully saturated rings. The summed E-state index contributed by atoms with van der Waals surface area (Å²) >= 11 is 0. The van der Waals surface area contributed by atoms with Gasteiger partial charge in [0.05, 0.1) is 5.52 Å². The molecule has 96 valence electrons. The van der Waals surface area contributed by atoms with Crippen LogP contribution < -0.4 is 11.1 Å². The van der Waals surface area contributed by atoms with Crippen LogP contribution in [0.5, 0.6) is 0 Å². The van der Waals surface area contributed by atoms with E-state index in [9.17, 15) is 9.59 Å². The normalized spacial score (nSPS) is 10.7. The van der Waals surface area contributed by atoms with Crippen molar-refractivity contribution in [2.24, 2.45) is 0 Å². The fourth-order valence-corrected chi connectivity index (χ4v) is 1.77. The number of rotatable bonds is 5. The largest absolute Gasteiger partial charge is 0.420 e. The summed E-state index contributed by atoms with van der Waals surface area (Å²) in [7, 11) is 0. The Bertz CT molecular complexity index is 598. The molecule has 0 atom stereocenters. The molecule has 1 amide bonds. The third kappa shape index (κ3) is 2.61. The highest BCUT2D eigenvalue weighted by Crippen LogP contribution is 2.11. The molecule has 5 heteroatoms. The molecule has 0 saturated heterocycles. The van der Waals surface area contributed by atoms with Crippen molar-refractivity contribution in [3.8, 4) is 0 Å². The first kappa shape index (κ1) is 12.4. The Morgan fingerprint density at radius 3 is 2.94 bits per heavy atom. The Morgan fingerprint density at radius 1 is 1.39 bits per heavy atom. The molecule has 1 heterocycles. The molecule has 1 aromatic heterocycles. The van der Waals surface area contributed by atoms with Gasteiger partial charge in [0.15, 0.2) is 5.58 Å². The third-order valence-corrected chi connectivity index (χ3v) is 2.73. The molecule has 0 aliphatic heterocycles. The Balaban J connectivity index is 2.14. The van der Waals surface area contributed by atoms with E-state index in [0.717, 1.165) is 12.8 Å². The molecule has 5 nitrogen and oxygen atoms in total. The summed E-state index contributed by atoms with van der Waals surface area (Å²) in [6, 6.07) is 7.07. The standard InChI is InChI=1S/C13H16N2O3/c1-2-3-8-14-12(16)9-15-10-6-4-5-7-11(10)18-13(15)17/h4-7H,2-3,8-9H2,1H3,(H,14,16). The number of aromatic nitrogens is 1. The number of hydrogen-bond acceptors (Lipinski definition) is 3. The van der Waals surface area contributed by atoms with Gasteiger partial charge in [-0.3, -0.25) is 9.36 Å². The molecule has 0 unspecified atom stereocenters. The molecule has 0 spiro atoms. The predicted octanol–water partition coefficient (Wildman–Crippen LogP) is 1.51. The van der Waals surface area contributed by atoms with Crippen molar-refractivity contribution in [1.82, 2.24) is 9.88 Å². The van der Waals surface area contributed by atoms with Crippen molar-refractivity contribution in [3.05, 3.63) is 34.8 Å². The maximum absolute atomic E-state index is 11.7. The van der Waals surface area contributed by atoms with Gasteiger partial charge in [-0.05, 0) is 18.6 Å². The number of carbonyl (C=O) groups is 1. The van der Waals surface area contributed by atoms with Gasteiger partial charge < -0.3 is 9.73 Å². The second-order valence-corrected chi connectivity index (χ2v) is 4.13. The van der Waals surface area contributed by atoms with Crippen LogP contribution in [0.4, 0.5) is 0 Å². The number of amides is 1. The summed E-state index contributed by atoms with van der Waals surface area (Å²) in [6.45, 7) is 2.69. The van der Waals surface area contributed by atoms with Gasteiger partial charge in [0.1, 0.15) is 6.54 Å². The molecule has 1 aromatic carbocycles. The number of benzene rings is 1. The van der Waals surface area contributed by atoms with Crippen LogP contribution in [0.15, 0.2) is 33.5 Å². The first-order chi connectivity index (χ1) is 8.72. The van der Waals surface area contributed by atoms with Crippen molar-refractivity contribution in [3.63, 3.8) is 0 Å². The quantitative estimate of drug-likeness (QED) is 0.816. The molecule has 0 radical (unpaired) electrons. The zero-order chi connectivity index (χ0) is 13.0. The van der Waals surface area contributed by atoms with Gasteiger partial charge in [0.25, 0.3) is 0 Å². The first-order valence-corrected chi connectivity index (χ1v) is 6.07. The van der Waals surface area contributed by atoms with E-state index in [1.165, 1.54) is 4.57 Å². The van der Waals surface area contributed by atoms with Crippen molar-refractivity contribution in [1.29, 1.82) is 0 Å². The maximum atomic E-state index is 11.7. The topological polar surface area (TPSA) is 64.2 Å². The molecule has 2 rings (SSSR count). The maximum Gasteiger partial charge on any atom is 0.420 e. The van der Waals surface area contributed by atoms with Crippen LogP contribution in [0.25, 0.3) is 11.1 Å². The summed E-state index contributed by atoms with van der Waals surface area (Å²) in [5.41, 5.74) is 1.15. The van der Waals surface area contributed by atoms with E-state index in [2.05, 4.69) is 12.2 Å². The summed E-state index contributed by atoms with van der Waals surface area (Å²) in [6.07, 6.45) is 1.96. The number of fused-ring (bicyclic) bond motifs is 1. The van der Waals surface area contributed by atoms with Gasteiger partial charge in [-0.15, -0.1) is 0 Å². The number of carbonyl (C=O) groups excluding carboxylic acids is 1. The smallest absolute Gasteiger partial charge is 0.408 e. The average Bonchev–Trinajstić information content (AvgIpc) is 2.67. The van der Waals surface area contributed by atoms with Gasteiger partial charge in [-0.25, -0.2) is 4.79 Å². The van der Waals surface area contributed by atoms with Crippen LogP contribution in [0, 0.1) is 0 Å². The summed E-state index contributed by atoms with van der Waals surface area (Å²) in [4.78, 5) is 23.3. The van der Waals surface area contributed by atoms with Crippen LogP contribution in [0.1, 0.15) is 19.8 Å². The van der Waals surface area contributed by atoms with E-state index in [1.807, 2.05) is 6.07 Å². The Labute approximate surface area is 104 Å². The number of nitrogens with zero attached hydrogens (tertiary/aromatic N) is 1. The number of para-hydroxylation sites is 2. The van der Waals surface area contributed by atoms with Gasteiger partial charge in [0, 0.05) is 6.54 Å². The number of unbranched alkanes of at least 4 members (excludes halogenated alkanes) is 1. The second-order valence-electron chi connectivity index (χ2n) is 4.13. The van der Waals surface area contributed by atoms with Crippen molar-refractivity contribution < 1.29 is 9.21 Å². The van der Waals surface area contributed by atoms with E-state index >= 15 is 0 Å². The highest BCUT2D eigenvalue weighted by Gasteiger charge is 2.11. The van der Waals surface area contributed by atoms with Crippen molar-refractivity contribution in [2.45, 2.75) is 26.3 Å². The highest BCUT2D eigenvalue weighted by atomic mass is 16.4. The minimum atomic E-state index is -0.498. The lowest BCUT2D eigenvalue weighted by Crippen LogP contribution is -2.31. The van der Waals surface area contributed by atoms with Crippen LogP contribution in [-0.2, 0) is 11.3 Å². The lowest BCUT2D eigenvalue weighted by atomic mass is 10.3. The summed E-state index contributed by atoms with van der Waals surface area (Å²) in [5, 5.41) is 2.77. The zero-order valence-corrected chi connectivity index (χ0v) is 10.3. The van der Waals surface area contributed by atoms with E-state index in [1.54, 1.807) is 18.2 Å². The van der Waals surface area contributed by atoms with Gasteiger partial charge in [0.2, 0.25) is 5.91 Å². The van der Waals surface area contributed by atoms with E-state index < -0.39 is 5.76 Å². The van der Waals surface area contributed by atoms with E-state index in [4.69, 9.17) is 4.42 Å². The van der Waals surface area contributed by atoms with Gasteiger partial charge in [-0.1, -0.05) is 25.5 Å².